The maximum Gasteiger partial charge on any atom is 0.237 e. The van der Waals surface area contributed by atoms with Crippen molar-refractivity contribution >= 4 is 5.91 Å². The van der Waals surface area contributed by atoms with Gasteiger partial charge in [0, 0.05) is 25.2 Å². The van der Waals surface area contributed by atoms with E-state index in [-0.39, 0.29) is 11.9 Å². The Labute approximate surface area is 119 Å². The van der Waals surface area contributed by atoms with E-state index in [1.165, 1.54) is 0 Å². The molecule has 1 saturated heterocycles. The predicted octanol–water partition coefficient (Wildman–Crippen LogP) is 1.28. The number of ether oxygens (including phenoxy) is 1. The lowest BCUT2D eigenvalue weighted by molar-refractivity contribution is -0.129. The van der Waals surface area contributed by atoms with E-state index >= 15 is 0 Å². The van der Waals surface area contributed by atoms with E-state index in [2.05, 4.69) is 16.3 Å². The summed E-state index contributed by atoms with van der Waals surface area (Å²) in [4.78, 5) is 14.0. The summed E-state index contributed by atoms with van der Waals surface area (Å²) >= 11 is 0. The molecule has 0 aliphatic carbocycles. The second-order valence-electron chi connectivity index (χ2n) is 4.82. The number of nitriles is 1. The fourth-order valence-corrected chi connectivity index (χ4v) is 2.59. The zero-order valence-electron chi connectivity index (χ0n) is 11.8. The molecule has 0 bridgehead atoms. The molecule has 0 radical (unpaired) electrons. The summed E-state index contributed by atoms with van der Waals surface area (Å²) in [6.07, 6.45) is 0.770. The molecule has 1 aromatic rings. The monoisotopic (exact) mass is 273 g/mol. The van der Waals surface area contributed by atoms with E-state index in [1.807, 2.05) is 13.0 Å². The van der Waals surface area contributed by atoms with E-state index in [0.717, 1.165) is 24.3 Å². The molecular weight excluding hydrogens is 254 g/mol. The van der Waals surface area contributed by atoms with Crippen molar-refractivity contribution in [1.82, 2.24) is 10.2 Å². The van der Waals surface area contributed by atoms with Gasteiger partial charge in [0.05, 0.1) is 24.8 Å². The van der Waals surface area contributed by atoms with Crippen LogP contribution in [0.15, 0.2) is 18.2 Å². The van der Waals surface area contributed by atoms with Crippen molar-refractivity contribution in [3.05, 3.63) is 29.3 Å². The minimum absolute atomic E-state index is 0.0779. The summed E-state index contributed by atoms with van der Waals surface area (Å²) < 4.78 is 5.35. The first-order chi connectivity index (χ1) is 9.69. The molecule has 1 aromatic carbocycles. The lowest BCUT2D eigenvalue weighted by Crippen LogP contribution is -2.54. The number of methoxy groups -OCH3 is 1. The van der Waals surface area contributed by atoms with Gasteiger partial charge in [-0.1, -0.05) is 6.92 Å². The summed E-state index contributed by atoms with van der Waals surface area (Å²) in [5, 5.41) is 11.9. The van der Waals surface area contributed by atoms with Crippen LogP contribution in [-0.4, -0.2) is 37.0 Å². The number of benzene rings is 1. The highest BCUT2D eigenvalue weighted by Crippen LogP contribution is 2.23. The Morgan fingerprint density at radius 2 is 2.35 bits per heavy atom. The number of amides is 1. The molecule has 20 heavy (non-hydrogen) atoms. The smallest absolute Gasteiger partial charge is 0.237 e. The Bertz CT molecular complexity index is 536. The van der Waals surface area contributed by atoms with Gasteiger partial charge in [-0.3, -0.25) is 9.69 Å². The number of nitrogens with zero attached hydrogens (tertiary/aromatic N) is 2. The highest BCUT2D eigenvalue weighted by atomic mass is 16.5. The zero-order chi connectivity index (χ0) is 14.5. The van der Waals surface area contributed by atoms with Gasteiger partial charge in [0.1, 0.15) is 5.75 Å². The van der Waals surface area contributed by atoms with E-state index in [1.54, 1.807) is 19.2 Å². The molecule has 106 valence electrons. The minimum atomic E-state index is -0.112. The Hall–Kier alpha value is -2.06. The molecule has 0 aromatic heterocycles. The molecule has 1 aliphatic rings. The lowest BCUT2D eigenvalue weighted by Gasteiger charge is -2.34. The van der Waals surface area contributed by atoms with Crippen LogP contribution in [0.3, 0.4) is 0 Å². The Morgan fingerprint density at radius 1 is 1.55 bits per heavy atom. The third-order valence-corrected chi connectivity index (χ3v) is 3.61. The number of hydrogen-bond donors (Lipinski definition) is 1. The molecule has 1 fully saturated rings. The molecule has 0 saturated carbocycles. The Balaban J connectivity index is 2.24. The first-order valence-corrected chi connectivity index (χ1v) is 6.78. The molecule has 0 spiro atoms. The number of piperazine rings is 1. The van der Waals surface area contributed by atoms with Gasteiger partial charge in [-0.15, -0.1) is 0 Å². The number of carbonyl (C=O) groups is 1. The summed E-state index contributed by atoms with van der Waals surface area (Å²) in [5.74, 6) is 0.832. The van der Waals surface area contributed by atoms with Crippen molar-refractivity contribution in [3.63, 3.8) is 0 Å². The van der Waals surface area contributed by atoms with Crippen molar-refractivity contribution in [2.75, 3.05) is 20.2 Å². The summed E-state index contributed by atoms with van der Waals surface area (Å²) in [6.45, 7) is 4.09. The standard InChI is InChI=1S/C15H19N3O2/c1-3-13-15(19)17-6-7-18(13)10-12-8-11(9-16)4-5-14(12)20-2/h4-5,8,13H,3,6-7,10H2,1-2H3,(H,17,19). The topological polar surface area (TPSA) is 65.4 Å². The van der Waals surface area contributed by atoms with Gasteiger partial charge in [0.15, 0.2) is 0 Å². The number of nitrogens with one attached hydrogen (secondary N) is 1. The molecule has 1 aliphatic heterocycles. The van der Waals surface area contributed by atoms with Crippen molar-refractivity contribution in [2.24, 2.45) is 0 Å². The fourth-order valence-electron chi connectivity index (χ4n) is 2.59. The van der Waals surface area contributed by atoms with E-state index < -0.39 is 0 Å². The molecule has 1 atom stereocenters. The molecule has 1 N–H and O–H groups in total. The van der Waals surface area contributed by atoms with Crippen LogP contribution in [0.25, 0.3) is 0 Å². The van der Waals surface area contributed by atoms with E-state index in [0.29, 0.717) is 18.7 Å². The van der Waals surface area contributed by atoms with Crippen LogP contribution in [0.4, 0.5) is 0 Å². The van der Waals surface area contributed by atoms with Crippen LogP contribution in [0, 0.1) is 11.3 Å². The quantitative estimate of drug-likeness (QED) is 0.897. The zero-order valence-corrected chi connectivity index (χ0v) is 11.8. The predicted molar refractivity (Wildman–Crippen MR) is 75.2 cm³/mol. The van der Waals surface area contributed by atoms with Crippen LogP contribution >= 0.6 is 0 Å². The second kappa shape index (κ2) is 6.40. The molecule has 1 heterocycles. The Kier molecular flexibility index (Phi) is 4.59. The summed E-state index contributed by atoms with van der Waals surface area (Å²) in [5.41, 5.74) is 1.55. The first kappa shape index (κ1) is 14.4. The van der Waals surface area contributed by atoms with Crippen LogP contribution in [0.2, 0.25) is 0 Å². The van der Waals surface area contributed by atoms with Crippen LogP contribution in [0.1, 0.15) is 24.5 Å². The van der Waals surface area contributed by atoms with Crippen LogP contribution in [-0.2, 0) is 11.3 Å². The average Bonchev–Trinajstić information content (AvgIpc) is 2.47. The van der Waals surface area contributed by atoms with E-state index in [9.17, 15) is 4.79 Å². The van der Waals surface area contributed by atoms with Gasteiger partial charge in [-0.2, -0.15) is 5.26 Å². The normalized spacial score (nSPS) is 19.2. The van der Waals surface area contributed by atoms with Crippen molar-refractivity contribution in [1.29, 1.82) is 5.26 Å². The van der Waals surface area contributed by atoms with Crippen LogP contribution in [0.5, 0.6) is 5.75 Å². The highest BCUT2D eigenvalue weighted by molar-refractivity contribution is 5.82. The van der Waals surface area contributed by atoms with Crippen LogP contribution < -0.4 is 10.1 Å². The maximum atomic E-state index is 11.9. The van der Waals surface area contributed by atoms with Gasteiger partial charge in [0.2, 0.25) is 5.91 Å². The average molecular weight is 273 g/mol. The SMILES string of the molecule is CCC1C(=O)NCCN1Cc1cc(C#N)ccc1OC. The minimum Gasteiger partial charge on any atom is -0.496 e. The molecule has 5 nitrogen and oxygen atoms in total. The van der Waals surface area contributed by atoms with Gasteiger partial charge < -0.3 is 10.1 Å². The Morgan fingerprint density at radius 3 is 3.00 bits per heavy atom. The summed E-state index contributed by atoms with van der Waals surface area (Å²) in [6, 6.07) is 7.40. The van der Waals surface area contributed by atoms with Crippen molar-refractivity contribution < 1.29 is 9.53 Å². The largest absolute Gasteiger partial charge is 0.496 e. The van der Waals surface area contributed by atoms with E-state index in [4.69, 9.17) is 10.00 Å². The number of rotatable bonds is 4. The number of hydrogen-bond acceptors (Lipinski definition) is 4. The van der Waals surface area contributed by atoms with Crippen molar-refractivity contribution in [3.8, 4) is 11.8 Å². The highest BCUT2D eigenvalue weighted by Gasteiger charge is 2.28. The van der Waals surface area contributed by atoms with Crippen molar-refractivity contribution in [2.45, 2.75) is 25.9 Å². The first-order valence-electron chi connectivity index (χ1n) is 6.78. The third-order valence-electron chi connectivity index (χ3n) is 3.61. The third kappa shape index (κ3) is 2.91. The van der Waals surface area contributed by atoms with Gasteiger partial charge >= 0.3 is 0 Å². The molecule has 5 heteroatoms. The molecular formula is C15H19N3O2. The fraction of sp³-hybridized carbons (Fsp3) is 0.467. The lowest BCUT2D eigenvalue weighted by atomic mass is 10.1. The second-order valence-corrected chi connectivity index (χ2v) is 4.82. The molecule has 1 amide bonds. The summed E-state index contributed by atoms with van der Waals surface area (Å²) in [7, 11) is 1.62. The molecule has 2 rings (SSSR count). The van der Waals surface area contributed by atoms with Gasteiger partial charge in [-0.25, -0.2) is 0 Å². The maximum absolute atomic E-state index is 11.9. The number of carbonyl (C=O) groups excluding carboxylic acids is 1. The molecule has 1 unspecified atom stereocenters. The van der Waals surface area contributed by atoms with Gasteiger partial charge in [0.25, 0.3) is 0 Å². The van der Waals surface area contributed by atoms with Gasteiger partial charge in [-0.05, 0) is 24.6 Å².